The first-order valence-corrected chi connectivity index (χ1v) is 8.28. The van der Waals surface area contributed by atoms with Crippen molar-refractivity contribution < 1.29 is 22.8 Å². The van der Waals surface area contributed by atoms with E-state index in [2.05, 4.69) is 10.6 Å². The molecule has 0 unspecified atom stereocenters. The smallest absolute Gasteiger partial charge is 0.322 e. The average Bonchev–Trinajstić information content (AvgIpc) is 2.68. The van der Waals surface area contributed by atoms with Crippen LogP contribution < -0.4 is 10.6 Å². The van der Waals surface area contributed by atoms with Crippen molar-refractivity contribution in [3.8, 4) is 0 Å². The summed E-state index contributed by atoms with van der Waals surface area (Å²) in [5.74, 6) is -1.20. The molecule has 0 saturated heterocycles. The van der Waals surface area contributed by atoms with Crippen LogP contribution in [-0.2, 0) is 6.18 Å². The number of anilines is 2. The highest BCUT2D eigenvalue weighted by molar-refractivity contribution is 6.12. The maximum Gasteiger partial charge on any atom is 0.416 e. The summed E-state index contributed by atoms with van der Waals surface area (Å²) >= 11 is 0. The Morgan fingerprint density at radius 3 is 2.11 bits per heavy atom. The van der Waals surface area contributed by atoms with Gasteiger partial charge in [0, 0.05) is 11.3 Å². The molecule has 0 aromatic heterocycles. The normalized spacial score (nSPS) is 11.0. The van der Waals surface area contributed by atoms with E-state index >= 15 is 0 Å². The van der Waals surface area contributed by atoms with E-state index in [9.17, 15) is 22.8 Å². The number of amides is 2. The number of alkyl halides is 3. The largest absolute Gasteiger partial charge is 0.416 e. The summed E-state index contributed by atoms with van der Waals surface area (Å²) in [6, 6.07) is 19.1. The molecule has 0 spiro atoms. The maximum atomic E-state index is 12.9. The molecule has 0 bridgehead atoms. The molecule has 3 aromatic rings. The van der Waals surface area contributed by atoms with Crippen LogP contribution in [0, 0.1) is 0 Å². The van der Waals surface area contributed by atoms with Gasteiger partial charge in [-0.1, -0.05) is 36.4 Å². The van der Waals surface area contributed by atoms with Crippen molar-refractivity contribution in [1.82, 2.24) is 0 Å². The molecule has 0 saturated carbocycles. The topological polar surface area (TPSA) is 58.2 Å². The van der Waals surface area contributed by atoms with Crippen LogP contribution in [0.3, 0.4) is 0 Å². The summed E-state index contributed by atoms with van der Waals surface area (Å²) in [6.07, 6.45) is -4.55. The van der Waals surface area contributed by atoms with Gasteiger partial charge in [0.2, 0.25) is 0 Å². The Balaban J connectivity index is 1.82. The molecule has 2 N–H and O–H groups in total. The van der Waals surface area contributed by atoms with Gasteiger partial charge in [0.05, 0.1) is 16.8 Å². The van der Waals surface area contributed by atoms with Gasteiger partial charge < -0.3 is 10.6 Å². The summed E-state index contributed by atoms with van der Waals surface area (Å²) in [5.41, 5.74) is -0.125. The van der Waals surface area contributed by atoms with E-state index in [0.717, 1.165) is 18.2 Å². The second-order valence-corrected chi connectivity index (χ2v) is 5.90. The number of hydrogen-bond acceptors (Lipinski definition) is 2. The number of benzene rings is 3. The van der Waals surface area contributed by atoms with Crippen LogP contribution in [0.1, 0.15) is 26.3 Å². The van der Waals surface area contributed by atoms with Crippen LogP contribution in [0.5, 0.6) is 0 Å². The van der Waals surface area contributed by atoms with Crippen LogP contribution in [0.4, 0.5) is 24.5 Å². The van der Waals surface area contributed by atoms with Gasteiger partial charge in [-0.2, -0.15) is 13.2 Å². The first-order valence-electron chi connectivity index (χ1n) is 8.28. The lowest BCUT2D eigenvalue weighted by molar-refractivity contribution is -0.137. The molecule has 2 amide bonds. The lowest BCUT2D eigenvalue weighted by Crippen LogP contribution is -2.18. The third-order valence-corrected chi connectivity index (χ3v) is 3.90. The number of carbonyl (C=O) groups is 2. The molecule has 4 nitrogen and oxygen atoms in total. The Bertz CT molecular complexity index is 1000. The molecule has 0 aliphatic carbocycles. The van der Waals surface area contributed by atoms with Gasteiger partial charge in [0.15, 0.2) is 0 Å². The predicted octanol–water partition coefficient (Wildman–Crippen LogP) is 5.21. The van der Waals surface area contributed by atoms with Crippen molar-refractivity contribution >= 4 is 23.2 Å². The lowest BCUT2D eigenvalue weighted by Gasteiger charge is -2.12. The van der Waals surface area contributed by atoms with Gasteiger partial charge in [-0.3, -0.25) is 9.59 Å². The van der Waals surface area contributed by atoms with Gasteiger partial charge in [-0.25, -0.2) is 0 Å². The van der Waals surface area contributed by atoms with Crippen molar-refractivity contribution in [3.05, 3.63) is 95.6 Å². The Morgan fingerprint density at radius 1 is 0.714 bits per heavy atom. The minimum atomic E-state index is -4.55. The minimum Gasteiger partial charge on any atom is -0.322 e. The zero-order chi connectivity index (χ0) is 20.1. The van der Waals surface area contributed by atoms with Gasteiger partial charge >= 0.3 is 6.18 Å². The zero-order valence-corrected chi connectivity index (χ0v) is 14.5. The highest BCUT2D eigenvalue weighted by Crippen LogP contribution is 2.29. The minimum absolute atomic E-state index is 0.159. The quantitative estimate of drug-likeness (QED) is 0.649. The molecule has 0 heterocycles. The third-order valence-electron chi connectivity index (χ3n) is 3.90. The van der Waals surface area contributed by atoms with Crippen LogP contribution in [0.2, 0.25) is 0 Å². The second-order valence-electron chi connectivity index (χ2n) is 5.90. The summed E-state index contributed by atoms with van der Waals surface area (Å²) < 4.78 is 38.6. The third kappa shape index (κ3) is 4.56. The fourth-order valence-corrected chi connectivity index (χ4v) is 2.54. The lowest BCUT2D eigenvalue weighted by atomic mass is 10.1. The summed E-state index contributed by atoms with van der Waals surface area (Å²) in [4.78, 5) is 24.9. The highest BCUT2D eigenvalue weighted by Gasteiger charge is 2.31. The second kappa shape index (κ2) is 7.96. The van der Waals surface area contributed by atoms with E-state index in [1.807, 2.05) is 0 Å². The van der Waals surface area contributed by atoms with Crippen molar-refractivity contribution in [2.24, 2.45) is 0 Å². The van der Waals surface area contributed by atoms with Gasteiger partial charge in [-0.05, 0) is 42.5 Å². The molecule has 0 atom stereocenters. The monoisotopic (exact) mass is 384 g/mol. The molecule has 3 aromatic carbocycles. The zero-order valence-electron chi connectivity index (χ0n) is 14.5. The number of nitrogens with one attached hydrogen (secondary N) is 2. The fraction of sp³-hybridized carbons (Fsp3) is 0.0476. The maximum absolute atomic E-state index is 12.9. The first-order chi connectivity index (χ1) is 13.3. The van der Waals surface area contributed by atoms with Crippen LogP contribution in [0.25, 0.3) is 0 Å². The van der Waals surface area contributed by atoms with Crippen LogP contribution in [0.15, 0.2) is 78.9 Å². The van der Waals surface area contributed by atoms with E-state index in [-0.39, 0.29) is 16.8 Å². The number of para-hydroxylation sites is 2. The molecule has 0 radical (unpaired) electrons. The average molecular weight is 384 g/mol. The van der Waals surface area contributed by atoms with Crippen LogP contribution >= 0.6 is 0 Å². The van der Waals surface area contributed by atoms with Gasteiger partial charge in [0.25, 0.3) is 11.8 Å². The van der Waals surface area contributed by atoms with E-state index < -0.39 is 23.6 Å². The SMILES string of the molecule is O=C(Nc1ccccc1C(=O)Nc1ccccc1)c1cccc(C(F)(F)F)c1. The fourth-order valence-electron chi connectivity index (χ4n) is 2.54. The number of rotatable bonds is 4. The van der Waals surface area contributed by atoms with Gasteiger partial charge in [0.1, 0.15) is 0 Å². The number of hydrogen-bond donors (Lipinski definition) is 2. The molecular formula is C21H15F3N2O2. The van der Waals surface area contributed by atoms with Gasteiger partial charge in [-0.15, -0.1) is 0 Å². The highest BCUT2D eigenvalue weighted by atomic mass is 19.4. The van der Waals surface area contributed by atoms with E-state index in [1.54, 1.807) is 42.5 Å². The first kappa shape index (κ1) is 19.2. The van der Waals surface area contributed by atoms with E-state index in [0.29, 0.717) is 5.69 Å². The molecule has 0 aliphatic heterocycles. The Kier molecular flexibility index (Phi) is 5.44. The Hall–Kier alpha value is -3.61. The molecule has 0 fully saturated rings. The van der Waals surface area contributed by atoms with Crippen molar-refractivity contribution in [1.29, 1.82) is 0 Å². The van der Waals surface area contributed by atoms with E-state index in [4.69, 9.17) is 0 Å². The predicted molar refractivity (Wildman–Crippen MR) is 100 cm³/mol. The van der Waals surface area contributed by atoms with Crippen molar-refractivity contribution in [2.75, 3.05) is 10.6 Å². The standard InChI is InChI=1S/C21H15F3N2O2/c22-21(23,24)15-8-6-7-14(13-15)19(27)26-18-12-5-4-11-17(18)20(28)25-16-9-2-1-3-10-16/h1-13H,(H,25,28)(H,26,27). The molecule has 28 heavy (non-hydrogen) atoms. The summed E-state index contributed by atoms with van der Waals surface area (Å²) in [6.45, 7) is 0. The molecule has 7 heteroatoms. The number of halogens is 3. The van der Waals surface area contributed by atoms with Crippen molar-refractivity contribution in [2.45, 2.75) is 6.18 Å². The summed E-state index contributed by atoms with van der Waals surface area (Å²) in [7, 11) is 0. The molecule has 3 rings (SSSR count). The molecule has 0 aliphatic rings. The Morgan fingerprint density at radius 2 is 1.39 bits per heavy atom. The Labute approximate surface area is 159 Å². The van der Waals surface area contributed by atoms with E-state index in [1.165, 1.54) is 18.2 Å². The molecule has 142 valence electrons. The summed E-state index contributed by atoms with van der Waals surface area (Å²) in [5, 5.41) is 5.21. The molecular weight excluding hydrogens is 369 g/mol. The van der Waals surface area contributed by atoms with Crippen molar-refractivity contribution in [3.63, 3.8) is 0 Å². The van der Waals surface area contributed by atoms with Crippen LogP contribution in [-0.4, -0.2) is 11.8 Å². The number of carbonyl (C=O) groups excluding carboxylic acids is 2.